The van der Waals surface area contributed by atoms with Crippen molar-refractivity contribution in [1.29, 1.82) is 0 Å². The molecule has 7 heteroatoms. The Morgan fingerprint density at radius 2 is 2.11 bits per heavy atom. The molecule has 0 saturated heterocycles. The number of pyridine rings is 1. The van der Waals surface area contributed by atoms with E-state index in [0.717, 1.165) is 0 Å². The number of hydrogen-bond donors (Lipinski definition) is 2. The van der Waals surface area contributed by atoms with E-state index in [2.05, 4.69) is 9.72 Å². The number of nitrogens with two attached hydrogens (primary N) is 2. The average Bonchev–Trinajstić information content (AvgIpc) is 2.35. The number of nitrogens with zero attached hydrogens (tertiary/aromatic N) is 2. The fourth-order valence-corrected chi connectivity index (χ4v) is 1.59. The third-order valence-electron chi connectivity index (χ3n) is 2.57. The van der Waals surface area contributed by atoms with Gasteiger partial charge in [-0.15, -0.1) is 0 Å². The predicted molar refractivity (Wildman–Crippen MR) is 71.7 cm³/mol. The van der Waals surface area contributed by atoms with Gasteiger partial charge in [0.25, 0.3) is 0 Å². The normalized spacial score (nSPS) is 10.3. The predicted octanol–water partition coefficient (Wildman–Crippen LogP) is 0.151. The Balaban J connectivity index is 3.17. The molecule has 0 spiro atoms. The number of anilines is 2. The summed E-state index contributed by atoms with van der Waals surface area (Å²) in [6.45, 7) is 3.78. The Kier molecular flexibility index (Phi) is 4.68. The standard InChI is InChI=1S/C12H18N4O3/c1-7(2)16(6-10(14)17)11-4-8(12(18)19-3)9(13)5-15-11/h4-5,7H,6,13H2,1-3H3,(H2,14,17). The van der Waals surface area contributed by atoms with Crippen LogP contribution in [0.2, 0.25) is 0 Å². The van der Waals surface area contributed by atoms with Gasteiger partial charge in [-0.3, -0.25) is 4.79 Å². The van der Waals surface area contributed by atoms with Gasteiger partial charge in [0.1, 0.15) is 5.82 Å². The van der Waals surface area contributed by atoms with Gasteiger partial charge in [0.2, 0.25) is 5.91 Å². The lowest BCUT2D eigenvalue weighted by Crippen LogP contribution is -2.39. The summed E-state index contributed by atoms with van der Waals surface area (Å²) in [6, 6.07) is 1.48. The number of carbonyl (C=O) groups is 2. The van der Waals surface area contributed by atoms with Gasteiger partial charge in [-0.1, -0.05) is 0 Å². The number of amides is 1. The Labute approximate surface area is 111 Å². The number of esters is 1. The molecule has 104 valence electrons. The van der Waals surface area contributed by atoms with Crippen LogP contribution >= 0.6 is 0 Å². The molecule has 1 aromatic rings. The van der Waals surface area contributed by atoms with Gasteiger partial charge < -0.3 is 21.1 Å². The number of aromatic nitrogens is 1. The number of hydrogen-bond acceptors (Lipinski definition) is 6. The molecule has 0 radical (unpaired) electrons. The quantitative estimate of drug-likeness (QED) is 0.734. The molecule has 1 rings (SSSR count). The fraction of sp³-hybridized carbons (Fsp3) is 0.417. The molecule has 19 heavy (non-hydrogen) atoms. The van der Waals surface area contributed by atoms with E-state index < -0.39 is 11.9 Å². The molecule has 0 bridgehead atoms. The minimum absolute atomic E-state index is 0.00544. The van der Waals surface area contributed by atoms with E-state index in [-0.39, 0.29) is 23.8 Å². The molecule has 1 amide bonds. The van der Waals surface area contributed by atoms with Crippen LogP contribution < -0.4 is 16.4 Å². The van der Waals surface area contributed by atoms with Crippen LogP contribution in [-0.4, -0.2) is 36.6 Å². The number of ether oxygens (including phenoxy) is 1. The summed E-state index contributed by atoms with van der Waals surface area (Å²) in [4.78, 5) is 28.4. The number of methoxy groups -OCH3 is 1. The van der Waals surface area contributed by atoms with E-state index in [0.29, 0.717) is 5.82 Å². The van der Waals surface area contributed by atoms with Crippen LogP contribution in [0.3, 0.4) is 0 Å². The first-order valence-corrected chi connectivity index (χ1v) is 5.75. The van der Waals surface area contributed by atoms with E-state index in [9.17, 15) is 9.59 Å². The highest BCUT2D eigenvalue weighted by atomic mass is 16.5. The van der Waals surface area contributed by atoms with Crippen molar-refractivity contribution in [2.24, 2.45) is 5.73 Å². The largest absolute Gasteiger partial charge is 0.465 e. The molecule has 7 nitrogen and oxygen atoms in total. The molecule has 0 fully saturated rings. The first-order valence-electron chi connectivity index (χ1n) is 5.75. The van der Waals surface area contributed by atoms with Crippen molar-refractivity contribution in [3.05, 3.63) is 17.8 Å². The second kappa shape index (κ2) is 6.03. The van der Waals surface area contributed by atoms with Crippen molar-refractivity contribution in [2.45, 2.75) is 19.9 Å². The highest BCUT2D eigenvalue weighted by Gasteiger charge is 2.18. The van der Waals surface area contributed by atoms with E-state index in [1.54, 1.807) is 4.90 Å². The van der Waals surface area contributed by atoms with Gasteiger partial charge in [-0.2, -0.15) is 0 Å². The number of primary amides is 1. The molecule has 0 atom stereocenters. The molecule has 0 aliphatic rings. The summed E-state index contributed by atoms with van der Waals surface area (Å²) in [6.07, 6.45) is 1.36. The lowest BCUT2D eigenvalue weighted by atomic mass is 10.2. The van der Waals surface area contributed by atoms with Crippen molar-refractivity contribution in [1.82, 2.24) is 4.98 Å². The SMILES string of the molecule is COC(=O)c1cc(N(CC(N)=O)C(C)C)ncc1N. The summed E-state index contributed by atoms with van der Waals surface area (Å²) < 4.78 is 4.64. The Morgan fingerprint density at radius 3 is 2.58 bits per heavy atom. The zero-order valence-electron chi connectivity index (χ0n) is 11.2. The van der Waals surface area contributed by atoms with Gasteiger partial charge in [-0.05, 0) is 19.9 Å². The summed E-state index contributed by atoms with van der Waals surface area (Å²) in [5, 5.41) is 0. The molecule has 4 N–H and O–H groups in total. The Bertz CT molecular complexity index is 488. The van der Waals surface area contributed by atoms with Crippen LogP contribution in [0.5, 0.6) is 0 Å². The average molecular weight is 266 g/mol. The van der Waals surface area contributed by atoms with E-state index in [4.69, 9.17) is 11.5 Å². The van der Waals surface area contributed by atoms with Crippen LogP contribution in [0.25, 0.3) is 0 Å². The second-order valence-corrected chi connectivity index (χ2v) is 4.31. The van der Waals surface area contributed by atoms with E-state index >= 15 is 0 Å². The molecule has 0 aliphatic carbocycles. The van der Waals surface area contributed by atoms with Crippen LogP contribution in [0, 0.1) is 0 Å². The lowest BCUT2D eigenvalue weighted by Gasteiger charge is -2.26. The number of nitrogen functional groups attached to an aromatic ring is 1. The summed E-state index contributed by atoms with van der Waals surface area (Å²) in [5.41, 5.74) is 11.3. The third kappa shape index (κ3) is 3.57. The molecule has 1 aromatic heterocycles. The Morgan fingerprint density at radius 1 is 1.47 bits per heavy atom. The maximum Gasteiger partial charge on any atom is 0.340 e. The molecule has 0 unspecified atom stereocenters. The number of rotatable bonds is 5. The maximum absolute atomic E-state index is 11.6. The fourth-order valence-electron chi connectivity index (χ4n) is 1.59. The zero-order chi connectivity index (χ0) is 14.6. The highest BCUT2D eigenvalue weighted by Crippen LogP contribution is 2.20. The molecular weight excluding hydrogens is 248 g/mol. The van der Waals surface area contributed by atoms with E-state index in [1.807, 2.05) is 13.8 Å². The molecular formula is C12H18N4O3. The van der Waals surface area contributed by atoms with Gasteiger partial charge >= 0.3 is 5.97 Å². The summed E-state index contributed by atoms with van der Waals surface area (Å²) in [5.74, 6) is -0.584. The smallest absolute Gasteiger partial charge is 0.340 e. The van der Waals surface area contributed by atoms with E-state index in [1.165, 1.54) is 19.4 Å². The lowest BCUT2D eigenvalue weighted by molar-refractivity contribution is -0.116. The molecule has 1 heterocycles. The molecule has 0 saturated carbocycles. The van der Waals surface area contributed by atoms with Gasteiger partial charge in [0, 0.05) is 6.04 Å². The maximum atomic E-state index is 11.6. The van der Waals surface area contributed by atoms with Crippen LogP contribution in [0.4, 0.5) is 11.5 Å². The van der Waals surface area contributed by atoms with Crippen LogP contribution in [-0.2, 0) is 9.53 Å². The van der Waals surface area contributed by atoms with Gasteiger partial charge in [0.05, 0.1) is 31.1 Å². The minimum Gasteiger partial charge on any atom is -0.465 e. The molecule has 0 aliphatic heterocycles. The first-order chi connectivity index (χ1) is 8.86. The van der Waals surface area contributed by atoms with Crippen LogP contribution in [0.1, 0.15) is 24.2 Å². The van der Waals surface area contributed by atoms with Crippen molar-refractivity contribution in [3.8, 4) is 0 Å². The Hall–Kier alpha value is -2.31. The first kappa shape index (κ1) is 14.7. The van der Waals surface area contributed by atoms with Crippen LogP contribution in [0.15, 0.2) is 12.3 Å². The third-order valence-corrected chi connectivity index (χ3v) is 2.57. The highest BCUT2D eigenvalue weighted by molar-refractivity contribution is 5.95. The summed E-state index contributed by atoms with van der Waals surface area (Å²) >= 11 is 0. The van der Waals surface area contributed by atoms with Crippen molar-refractivity contribution in [3.63, 3.8) is 0 Å². The van der Waals surface area contributed by atoms with Crippen molar-refractivity contribution in [2.75, 3.05) is 24.3 Å². The second-order valence-electron chi connectivity index (χ2n) is 4.31. The topological polar surface area (TPSA) is 112 Å². The van der Waals surface area contributed by atoms with Gasteiger partial charge in [-0.25, -0.2) is 9.78 Å². The zero-order valence-corrected chi connectivity index (χ0v) is 11.2. The minimum atomic E-state index is -0.552. The van der Waals surface area contributed by atoms with Gasteiger partial charge in [0.15, 0.2) is 0 Å². The molecule has 0 aromatic carbocycles. The number of carbonyl (C=O) groups excluding carboxylic acids is 2. The van der Waals surface area contributed by atoms with Crippen molar-refractivity contribution >= 4 is 23.4 Å². The monoisotopic (exact) mass is 266 g/mol. The van der Waals surface area contributed by atoms with Crippen molar-refractivity contribution < 1.29 is 14.3 Å². The summed E-state index contributed by atoms with van der Waals surface area (Å²) in [7, 11) is 1.27.